The van der Waals surface area contributed by atoms with Gasteiger partial charge >= 0.3 is 0 Å². The summed E-state index contributed by atoms with van der Waals surface area (Å²) in [7, 11) is 0. The topological polar surface area (TPSA) is 57.7 Å². The SMILES string of the molecule is Cc1ccccc1N1C(=O)c2ccc(C(=O)N3CCCCC3C)cc2C1=O. The number of anilines is 1. The highest BCUT2D eigenvalue weighted by molar-refractivity contribution is 6.35. The van der Waals surface area contributed by atoms with E-state index in [1.54, 1.807) is 30.3 Å². The van der Waals surface area contributed by atoms with Crippen LogP contribution in [-0.4, -0.2) is 35.2 Å². The van der Waals surface area contributed by atoms with Gasteiger partial charge in [0.2, 0.25) is 0 Å². The molecule has 0 saturated carbocycles. The predicted molar refractivity (Wildman–Crippen MR) is 103 cm³/mol. The van der Waals surface area contributed by atoms with E-state index in [2.05, 4.69) is 6.92 Å². The maximum atomic E-state index is 13.0. The van der Waals surface area contributed by atoms with Gasteiger partial charge in [-0.25, -0.2) is 4.90 Å². The van der Waals surface area contributed by atoms with E-state index >= 15 is 0 Å². The molecule has 3 amide bonds. The lowest BCUT2D eigenvalue weighted by atomic mass is 10.0. The molecule has 2 aliphatic heterocycles. The average Bonchev–Trinajstić information content (AvgIpc) is 2.92. The minimum Gasteiger partial charge on any atom is -0.336 e. The van der Waals surface area contributed by atoms with Gasteiger partial charge in [0.25, 0.3) is 17.7 Å². The first kappa shape index (κ1) is 17.5. The summed E-state index contributed by atoms with van der Waals surface area (Å²) < 4.78 is 0. The third-order valence-electron chi connectivity index (χ3n) is 5.55. The van der Waals surface area contributed by atoms with Crippen LogP contribution in [0.4, 0.5) is 5.69 Å². The number of likely N-dealkylation sites (tertiary alicyclic amines) is 1. The molecule has 0 aliphatic carbocycles. The van der Waals surface area contributed by atoms with Crippen LogP contribution < -0.4 is 4.90 Å². The Balaban J connectivity index is 1.69. The molecule has 138 valence electrons. The minimum atomic E-state index is -0.370. The summed E-state index contributed by atoms with van der Waals surface area (Å²) in [5.74, 6) is -0.778. The van der Waals surface area contributed by atoms with E-state index < -0.39 is 0 Å². The van der Waals surface area contributed by atoms with Crippen molar-refractivity contribution in [2.75, 3.05) is 11.4 Å². The first-order valence-electron chi connectivity index (χ1n) is 9.38. The minimum absolute atomic E-state index is 0.0698. The van der Waals surface area contributed by atoms with Gasteiger partial charge in [0.05, 0.1) is 16.8 Å². The molecule has 0 aromatic heterocycles. The quantitative estimate of drug-likeness (QED) is 0.764. The fourth-order valence-corrected chi connectivity index (χ4v) is 3.97. The Kier molecular flexibility index (Phi) is 4.30. The maximum absolute atomic E-state index is 13.0. The molecule has 1 unspecified atom stereocenters. The number of hydrogen-bond donors (Lipinski definition) is 0. The molecule has 5 heteroatoms. The van der Waals surface area contributed by atoms with Crippen molar-refractivity contribution in [2.45, 2.75) is 39.2 Å². The molecule has 2 heterocycles. The highest BCUT2D eigenvalue weighted by atomic mass is 16.2. The molecule has 1 fully saturated rings. The second-order valence-electron chi connectivity index (χ2n) is 7.34. The Labute approximate surface area is 158 Å². The van der Waals surface area contributed by atoms with Crippen LogP contribution >= 0.6 is 0 Å². The van der Waals surface area contributed by atoms with Crippen LogP contribution in [-0.2, 0) is 0 Å². The number of para-hydroxylation sites is 1. The van der Waals surface area contributed by atoms with Gasteiger partial charge in [-0.05, 0) is 62.9 Å². The molecular weight excluding hydrogens is 340 g/mol. The second kappa shape index (κ2) is 6.65. The molecule has 0 bridgehead atoms. The summed E-state index contributed by atoms with van der Waals surface area (Å²) >= 11 is 0. The van der Waals surface area contributed by atoms with E-state index in [1.165, 1.54) is 4.90 Å². The number of rotatable bonds is 2. The largest absolute Gasteiger partial charge is 0.336 e. The first-order chi connectivity index (χ1) is 13.0. The summed E-state index contributed by atoms with van der Waals surface area (Å²) in [6.45, 7) is 4.66. The summed E-state index contributed by atoms with van der Waals surface area (Å²) in [4.78, 5) is 41.8. The predicted octanol–water partition coefficient (Wildman–Crippen LogP) is 3.81. The fourth-order valence-electron chi connectivity index (χ4n) is 3.97. The van der Waals surface area contributed by atoms with Gasteiger partial charge in [-0.2, -0.15) is 0 Å². The van der Waals surface area contributed by atoms with Crippen molar-refractivity contribution < 1.29 is 14.4 Å². The Hall–Kier alpha value is -2.95. The van der Waals surface area contributed by atoms with Crippen molar-refractivity contribution in [3.63, 3.8) is 0 Å². The zero-order valence-electron chi connectivity index (χ0n) is 15.6. The smallest absolute Gasteiger partial charge is 0.266 e. The third-order valence-corrected chi connectivity index (χ3v) is 5.55. The lowest BCUT2D eigenvalue weighted by molar-refractivity contribution is 0.0635. The van der Waals surface area contributed by atoms with E-state index in [4.69, 9.17) is 0 Å². The summed E-state index contributed by atoms with van der Waals surface area (Å²) in [6.07, 6.45) is 3.13. The van der Waals surface area contributed by atoms with Crippen molar-refractivity contribution in [3.8, 4) is 0 Å². The molecule has 2 aromatic carbocycles. The molecular formula is C22H22N2O3. The van der Waals surface area contributed by atoms with E-state index in [0.717, 1.165) is 31.4 Å². The maximum Gasteiger partial charge on any atom is 0.266 e. The van der Waals surface area contributed by atoms with Gasteiger partial charge in [-0.15, -0.1) is 0 Å². The Morgan fingerprint density at radius 3 is 2.48 bits per heavy atom. The number of carbonyl (C=O) groups excluding carboxylic acids is 3. The summed E-state index contributed by atoms with van der Waals surface area (Å²) in [6, 6.07) is 12.3. The fraction of sp³-hybridized carbons (Fsp3) is 0.318. The van der Waals surface area contributed by atoms with Crippen LogP contribution in [0.25, 0.3) is 0 Å². The number of piperidine rings is 1. The number of nitrogens with zero attached hydrogens (tertiary/aromatic N) is 2. The lowest BCUT2D eigenvalue weighted by Crippen LogP contribution is -2.42. The van der Waals surface area contributed by atoms with Gasteiger partial charge in [-0.1, -0.05) is 18.2 Å². The average molecular weight is 362 g/mol. The van der Waals surface area contributed by atoms with Crippen LogP contribution in [0, 0.1) is 6.92 Å². The Morgan fingerprint density at radius 2 is 1.74 bits per heavy atom. The number of imide groups is 1. The first-order valence-corrected chi connectivity index (χ1v) is 9.38. The van der Waals surface area contributed by atoms with Crippen LogP contribution in [0.1, 0.15) is 62.8 Å². The molecule has 1 atom stereocenters. The molecule has 1 saturated heterocycles. The second-order valence-corrected chi connectivity index (χ2v) is 7.34. The molecule has 27 heavy (non-hydrogen) atoms. The highest BCUT2D eigenvalue weighted by Gasteiger charge is 2.38. The van der Waals surface area contributed by atoms with E-state index in [-0.39, 0.29) is 23.8 Å². The van der Waals surface area contributed by atoms with E-state index in [0.29, 0.717) is 22.4 Å². The van der Waals surface area contributed by atoms with Crippen LogP contribution in [0.3, 0.4) is 0 Å². The van der Waals surface area contributed by atoms with Gasteiger partial charge in [0, 0.05) is 18.2 Å². The van der Waals surface area contributed by atoms with Gasteiger partial charge in [-0.3, -0.25) is 14.4 Å². The lowest BCUT2D eigenvalue weighted by Gasteiger charge is -2.33. The van der Waals surface area contributed by atoms with Crippen LogP contribution in [0.2, 0.25) is 0 Å². The normalized spacial score (nSPS) is 19.4. The van der Waals surface area contributed by atoms with Crippen molar-refractivity contribution >= 4 is 23.4 Å². The molecule has 2 aliphatic rings. The van der Waals surface area contributed by atoms with Gasteiger partial charge < -0.3 is 4.90 Å². The van der Waals surface area contributed by atoms with Crippen molar-refractivity contribution in [2.24, 2.45) is 0 Å². The Bertz CT molecular complexity index is 950. The highest BCUT2D eigenvalue weighted by Crippen LogP contribution is 2.31. The number of fused-ring (bicyclic) bond motifs is 1. The van der Waals surface area contributed by atoms with Crippen LogP contribution in [0.15, 0.2) is 42.5 Å². The molecule has 5 nitrogen and oxygen atoms in total. The number of aryl methyl sites for hydroxylation is 1. The zero-order chi connectivity index (χ0) is 19.1. The Morgan fingerprint density at radius 1 is 1.00 bits per heavy atom. The number of hydrogen-bond acceptors (Lipinski definition) is 3. The van der Waals surface area contributed by atoms with Crippen molar-refractivity contribution in [3.05, 3.63) is 64.7 Å². The number of benzene rings is 2. The molecule has 4 rings (SSSR count). The van der Waals surface area contributed by atoms with Crippen LogP contribution in [0.5, 0.6) is 0 Å². The zero-order valence-corrected chi connectivity index (χ0v) is 15.6. The van der Waals surface area contributed by atoms with E-state index in [9.17, 15) is 14.4 Å². The molecule has 0 N–H and O–H groups in total. The van der Waals surface area contributed by atoms with Crippen molar-refractivity contribution in [1.29, 1.82) is 0 Å². The number of carbonyl (C=O) groups is 3. The molecule has 0 radical (unpaired) electrons. The van der Waals surface area contributed by atoms with Crippen molar-refractivity contribution in [1.82, 2.24) is 4.90 Å². The summed E-state index contributed by atoms with van der Waals surface area (Å²) in [5, 5.41) is 0. The van der Waals surface area contributed by atoms with Gasteiger partial charge in [0.1, 0.15) is 0 Å². The van der Waals surface area contributed by atoms with E-state index in [1.807, 2.05) is 24.0 Å². The molecule has 0 spiro atoms. The number of amides is 3. The van der Waals surface area contributed by atoms with Gasteiger partial charge in [0.15, 0.2) is 0 Å². The third kappa shape index (κ3) is 2.83. The standard InChI is InChI=1S/C22H22N2O3/c1-14-7-3-4-9-19(14)24-21(26)17-11-10-16(13-18(17)22(24)27)20(25)23-12-6-5-8-15(23)2/h3-4,7,9-11,13,15H,5-6,8,12H2,1-2H3. The summed E-state index contributed by atoms with van der Waals surface area (Å²) in [5.41, 5.74) is 2.56. The monoisotopic (exact) mass is 362 g/mol. The molecule has 2 aromatic rings.